The van der Waals surface area contributed by atoms with Gasteiger partial charge in [-0.3, -0.25) is 23.9 Å². The first kappa shape index (κ1) is 26.1. The topological polar surface area (TPSA) is 131 Å². The summed E-state index contributed by atoms with van der Waals surface area (Å²) in [5.41, 5.74) is 5.64. The molecule has 3 N–H and O–H groups in total. The predicted octanol–water partition coefficient (Wildman–Crippen LogP) is 2.50. The van der Waals surface area contributed by atoms with Gasteiger partial charge in [-0.05, 0) is 25.0 Å². The summed E-state index contributed by atoms with van der Waals surface area (Å²) in [5.74, 6) is -0.589. The fourth-order valence-electron chi connectivity index (χ4n) is 4.35. The molecule has 10 nitrogen and oxygen atoms in total. The monoisotopic (exact) mass is 485 g/mol. The van der Waals surface area contributed by atoms with Gasteiger partial charge in [0.1, 0.15) is 11.6 Å². The van der Waals surface area contributed by atoms with Crippen molar-refractivity contribution in [2.45, 2.75) is 58.9 Å². The average Bonchev–Trinajstić information content (AvgIpc) is 3.24. The molecule has 35 heavy (non-hydrogen) atoms. The Morgan fingerprint density at radius 3 is 2.60 bits per heavy atom. The summed E-state index contributed by atoms with van der Waals surface area (Å²) < 4.78 is 6.57. The highest BCUT2D eigenvalue weighted by Gasteiger charge is 2.39. The van der Waals surface area contributed by atoms with Crippen LogP contribution < -0.4 is 31.5 Å². The molecule has 1 atom stereocenters. The van der Waals surface area contributed by atoms with E-state index in [0.717, 1.165) is 19.3 Å². The third kappa shape index (κ3) is 5.75. The van der Waals surface area contributed by atoms with Crippen molar-refractivity contribution < 1.29 is 14.3 Å². The van der Waals surface area contributed by atoms with E-state index in [4.69, 9.17) is 10.5 Å². The highest BCUT2D eigenvalue weighted by molar-refractivity contribution is 6.05. The van der Waals surface area contributed by atoms with Gasteiger partial charge in [-0.25, -0.2) is 4.79 Å². The number of benzene rings is 1. The van der Waals surface area contributed by atoms with Gasteiger partial charge in [0, 0.05) is 37.8 Å². The van der Waals surface area contributed by atoms with Crippen molar-refractivity contribution in [3.8, 4) is 5.75 Å². The number of hydrogen-bond acceptors (Lipinski definition) is 6. The molecule has 0 radical (unpaired) electrons. The molecule has 2 aromatic rings. The molecule has 2 heterocycles. The molecule has 3 rings (SSSR count). The number of anilines is 3. The number of carbonyl (C=O) groups excluding carboxylic acids is 2. The summed E-state index contributed by atoms with van der Waals surface area (Å²) in [5, 5.41) is 0. The van der Waals surface area contributed by atoms with Gasteiger partial charge in [-0.1, -0.05) is 39.2 Å². The molecule has 0 saturated carbocycles. The van der Waals surface area contributed by atoms with Gasteiger partial charge in [0.15, 0.2) is 5.69 Å². The molecule has 1 aromatic carbocycles. The summed E-state index contributed by atoms with van der Waals surface area (Å²) in [6.45, 7) is 4.82. The Morgan fingerprint density at radius 2 is 1.91 bits per heavy atom. The fraction of sp³-hybridized carbons (Fsp3) is 0.520. The zero-order chi connectivity index (χ0) is 25.5. The van der Waals surface area contributed by atoms with Crippen molar-refractivity contribution in [1.29, 1.82) is 0 Å². The number of methoxy groups -OCH3 is 1. The Kier molecular flexibility index (Phi) is 8.73. The van der Waals surface area contributed by atoms with Gasteiger partial charge >= 0.3 is 5.69 Å². The highest BCUT2D eigenvalue weighted by Crippen LogP contribution is 2.30. The van der Waals surface area contributed by atoms with Gasteiger partial charge in [0.25, 0.3) is 5.56 Å². The minimum absolute atomic E-state index is 0.0194. The van der Waals surface area contributed by atoms with Crippen LogP contribution in [0.1, 0.15) is 52.4 Å². The molecule has 0 spiro atoms. The minimum atomic E-state index is -0.695. The number of nitrogens with two attached hydrogens (primary N) is 1. The van der Waals surface area contributed by atoms with Crippen LogP contribution in [0.3, 0.4) is 0 Å². The van der Waals surface area contributed by atoms with Crippen molar-refractivity contribution in [3.63, 3.8) is 0 Å². The second-order valence-electron chi connectivity index (χ2n) is 8.80. The van der Waals surface area contributed by atoms with Crippen molar-refractivity contribution in [2.75, 3.05) is 35.7 Å². The molecule has 1 unspecified atom stereocenters. The molecule has 0 aliphatic carbocycles. The van der Waals surface area contributed by atoms with Crippen LogP contribution in [-0.4, -0.2) is 41.6 Å². The number of H-pyrrole nitrogens is 1. The zero-order valence-electron chi connectivity index (χ0n) is 20.7. The SMILES string of the molecule is CCCCCN(C(=O)C1CC(=O)N(c2cccc(OC)c2)C1)c1c(N)n(CCCC)c(=O)[nH]c1=O. The normalized spacial score (nSPS) is 15.5. The van der Waals surface area contributed by atoms with E-state index in [1.54, 1.807) is 36.3 Å². The van der Waals surface area contributed by atoms with E-state index in [9.17, 15) is 19.2 Å². The molecular formula is C25H35N5O5. The maximum Gasteiger partial charge on any atom is 0.330 e. The van der Waals surface area contributed by atoms with Gasteiger partial charge in [-0.2, -0.15) is 0 Å². The molecule has 0 bridgehead atoms. The number of carbonyl (C=O) groups is 2. The van der Waals surface area contributed by atoms with Gasteiger partial charge in [0.05, 0.1) is 13.0 Å². The quantitative estimate of drug-likeness (QED) is 0.470. The van der Waals surface area contributed by atoms with Crippen molar-refractivity contribution >= 4 is 29.0 Å². The van der Waals surface area contributed by atoms with E-state index in [-0.39, 0.29) is 42.8 Å². The Balaban J connectivity index is 1.95. The Labute approximate surface area is 204 Å². The lowest BCUT2D eigenvalue weighted by Gasteiger charge is -2.27. The average molecular weight is 486 g/mol. The van der Waals surface area contributed by atoms with Crippen molar-refractivity contribution in [2.24, 2.45) is 5.92 Å². The molecule has 190 valence electrons. The van der Waals surface area contributed by atoms with Crippen LogP contribution in [0.2, 0.25) is 0 Å². The van der Waals surface area contributed by atoms with Crippen molar-refractivity contribution in [3.05, 3.63) is 45.1 Å². The van der Waals surface area contributed by atoms with Gasteiger partial charge < -0.3 is 20.3 Å². The van der Waals surface area contributed by atoms with E-state index in [0.29, 0.717) is 30.8 Å². The summed E-state index contributed by atoms with van der Waals surface area (Å²) in [4.78, 5) is 57.1. The lowest BCUT2D eigenvalue weighted by atomic mass is 10.1. The molecule has 1 aliphatic heterocycles. The van der Waals surface area contributed by atoms with E-state index in [1.165, 1.54) is 9.47 Å². The molecule has 10 heteroatoms. The van der Waals surface area contributed by atoms with Crippen LogP contribution in [0.25, 0.3) is 0 Å². The third-order valence-corrected chi connectivity index (χ3v) is 6.31. The van der Waals surface area contributed by atoms with Crippen molar-refractivity contribution in [1.82, 2.24) is 9.55 Å². The molecular weight excluding hydrogens is 450 g/mol. The largest absolute Gasteiger partial charge is 0.497 e. The van der Waals surface area contributed by atoms with Crippen LogP contribution in [0.5, 0.6) is 5.75 Å². The number of nitrogens with one attached hydrogen (secondary N) is 1. The lowest BCUT2D eigenvalue weighted by molar-refractivity contribution is -0.124. The third-order valence-electron chi connectivity index (χ3n) is 6.31. The number of hydrogen-bond donors (Lipinski definition) is 2. The number of ether oxygens (including phenoxy) is 1. The maximum absolute atomic E-state index is 13.7. The smallest absolute Gasteiger partial charge is 0.330 e. The van der Waals surface area contributed by atoms with Gasteiger partial charge in [0.2, 0.25) is 11.8 Å². The number of rotatable bonds is 11. The fourth-order valence-corrected chi connectivity index (χ4v) is 4.35. The van der Waals surface area contributed by atoms with E-state index in [2.05, 4.69) is 4.98 Å². The predicted molar refractivity (Wildman–Crippen MR) is 136 cm³/mol. The molecule has 1 fully saturated rings. The highest BCUT2D eigenvalue weighted by atomic mass is 16.5. The first-order chi connectivity index (χ1) is 16.8. The minimum Gasteiger partial charge on any atom is -0.497 e. The molecule has 2 amide bonds. The second kappa shape index (κ2) is 11.7. The number of aromatic nitrogens is 2. The summed E-state index contributed by atoms with van der Waals surface area (Å²) >= 11 is 0. The molecule has 1 aromatic heterocycles. The van der Waals surface area contributed by atoms with E-state index in [1.807, 2.05) is 13.8 Å². The van der Waals surface area contributed by atoms with Crippen LogP contribution in [-0.2, 0) is 16.1 Å². The standard InChI is InChI=1S/C25H35N5O5/c1-4-6-8-13-28(21-22(26)29(12-7-5-2)25(34)27-23(21)32)24(33)17-14-20(31)30(16-17)18-10-9-11-19(15-18)35-3/h9-11,15,17H,4-8,12-14,16,26H2,1-3H3,(H,27,32,34). The summed E-state index contributed by atoms with van der Waals surface area (Å²) in [7, 11) is 1.55. The lowest BCUT2D eigenvalue weighted by Crippen LogP contribution is -2.44. The van der Waals surface area contributed by atoms with Crippen LogP contribution >= 0.6 is 0 Å². The van der Waals surface area contributed by atoms with E-state index < -0.39 is 17.2 Å². The zero-order valence-corrected chi connectivity index (χ0v) is 20.7. The summed E-state index contributed by atoms with van der Waals surface area (Å²) in [6.07, 6.45) is 4.00. The van der Waals surface area contributed by atoms with Crippen LogP contribution in [0.15, 0.2) is 33.9 Å². The number of unbranched alkanes of at least 4 members (excludes halogenated alkanes) is 3. The number of aromatic amines is 1. The Bertz CT molecular complexity index is 1170. The first-order valence-corrected chi connectivity index (χ1v) is 12.2. The Hall–Kier alpha value is -3.56. The second-order valence-corrected chi connectivity index (χ2v) is 8.80. The number of amides is 2. The maximum atomic E-state index is 13.7. The molecule has 1 aliphatic rings. The van der Waals surface area contributed by atoms with Crippen LogP contribution in [0, 0.1) is 5.92 Å². The first-order valence-electron chi connectivity index (χ1n) is 12.2. The Morgan fingerprint density at radius 1 is 1.17 bits per heavy atom. The van der Waals surface area contributed by atoms with Gasteiger partial charge in [-0.15, -0.1) is 0 Å². The molecule has 1 saturated heterocycles. The van der Waals surface area contributed by atoms with E-state index >= 15 is 0 Å². The van der Waals surface area contributed by atoms with Crippen LogP contribution in [0.4, 0.5) is 17.2 Å². The number of nitrogen functional groups attached to an aromatic ring is 1. The summed E-state index contributed by atoms with van der Waals surface area (Å²) in [6, 6.07) is 7.10. The number of nitrogens with zero attached hydrogens (tertiary/aromatic N) is 3.